The molecule has 1 aliphatic carbocycles. The third-order valence-corrected chi connectivity index (χ3v) is 3.12. The van der Waals surface area contributed by atoms with Gasteiger partial charge in [-0.15, -0.1) is 0 Å². The number of rotatable bonds is 2. The van der Waals surface area contributed by atoms with Gasteiger partial charge in [-0.2, -0.15) is 13.2 Å². The van der Waals surface area contributed by atoms with Gasteiger partial charge in [0.05, 0.1) is 0 Å². The number of anilines is 1. The lowest BCUT2D eigenvalue weighted by Gasteiger charge is -2.17. The van der Waals surface area contributed by atoms with E-state index in [4.69, 9.17) is 0 Å². The van der Waals surface area contributed by atoms with Crippen molar-refractivity contribution in [3.63, 3.8) is 0 Å². The van der Waals surface area contributed by atoms with E-state index in [0.717, 1.165) is 31.5 Å². The molecule has 0 bridgehead atoms. The van der Waals surface area contributed by atoms with Crippen LogP contribution in [0, 0.1) is 5.92 Å². The summed E-state index contributed by atoms with van der Waals surface area (Å²) in [7, 11) is 0. The van der Waals surface area contributed by atoms with Gasteiger partial charge in [0.25, 0.3) is 0 Å². The minimum absolute atomic E-state index is 0.0681. The Hall–Kier alpha value is -1.33. The number of aromatic nitrogens is 2. The monoisotopic (exact) mass is 245 g/mol. The Labute approximate surface area is 97.5 Å². The molecule has 0 saturated heterocycles. The molecule has 0 amide bonds. The molecule has 6 heteroatoms. The van der Waals surface area contributed by atoms with Crippen LogP contribution in [0.25, 0.3) is 0 Å². The molecule has 94 valence electrons. The van der Waals surface area contributed by atoms with Crippen LogP contribution in [0.2, 0.25) is 0 Å². The maximum absolute atomic E-state index is 12.4. The molecule has 2 rings (SSSR count). The van der Waals surface area contributed by atoms with E-state index < -0.39 is 11.9 Å². The van der Waals surface area contributed by atoms with Crippen molar-refractivity contribution in [1.29, 1.82) is 0 Å². The zero-order valence-corrected chi connectivity index (χ0v) is 9.46. The molecule has 0 spiro atoms. The minimum Gasteiger partial charge on any atom is -0.351 e. The number of hydrogen-bond donors (Lipinski definition) is 1. The first-order valence-electron chi connectivity index (χ1n) is 5.63. The fourth-order valence-electron chi connectivity index (χ4n) is 2.11. The number of hydrogen-bond acceptors (Lipinski definition) is 3. The lowest BCUT2D eigenvalue weighted by atomic mass is 10.1. The van der Waals surface area contributed by atoms with Crippen LogP contribution in [-0.2, 0) is 6.18 Å². The Morgan fingerprint density at radius 2 is 2.12 bits per heavy atom. The number of nitrogens with one attached hydrogen (secondary N) is 1. The molecular weight excluding hydrogens is 231 g/mol. The summed E-state index contributed by atoms with van der Waals surface area (Å²) >= 11 is 0. The van der Waals surface area contributed by atoms with Crippen molar-refractivity contribution in [3.05, 3.63) is 18.0 Å². The number of alkyl halides is 3. The molecule has 1 saturated carbocycles. The standard InChI is InChI=1S/C11H14F3N3/c1-7-3-2-4-8(7)16-10-15-6-5-9(17-10)11(12,13)14/h5-8H,2-4H2,1H3,(H,15,16,17)/t7-,8+/m1/s1. The third-order valence-electron chi connectivity index (χ3n) is 3.12. The smallest absolute Gasteiger partial charge is 0.351 e. The van der Waals surface area contributed by atoms with Crippen molar-refractivity contribution in [2.75, 3.05) is 5.32 Å². The molecule has 1 aromatic heterocycles. The maximum Gasteiger partial charge on any atom is 0.433 e. The van der Waals surface area contributed by atoms with Crippen molar-refractivity contribution in [3.8, 4) is 0 Å². The lowest BCUT2D eigenvalue weighted by molar-refractivity contribution is -0.141. The minimum atomic E-state index is -4.42. The summed E-state index contributed by atoms with van der Waals surface area (Å²) in [5.41, 5.74) is -0.902. The Kier molecular flexibility index (Phi) is 3.22. The van der Waals surface area contributed by atoms with Crippen LogP contribution in [0.15, 0.2) is 12.3 Å². The highest BCUT2D eigenvalue weighted by Crippen LogP contribution is 2.29. The first-order valence-corrected chi connectivity index (χ1v) is 5.63. The van der Waals surface area contributed by atoms with E-state index in [1.165, 1.54) is 0 Å². The zero-order chi connectivity index (χ0) is 12.5. The van der Waals surface area contributed by atoms with Crippen molar-refractivity contribution in [1.82, 2.24) is 9.97 Å². The normalized spacial score (nSPS) is 24.9. The third kappa shape index (κ3) is 2.87. The van der Waals surface area contributed by atoms with E-state index in [2.05, 4.69) is 22.2 Å². The second kappa shape index (κ2) is 4.50. The molecule has 1 aromatic rings. The highest BCUT2D eigenvalue weighted by atomic mass is 19.4. The Morgan fingerprint density at radius 3 is 2.71 bits per heavy atom. The fourth-order valence-corrected chi connectivity index (χ4v) is 2.11. The Balaban J connectivity index is 2.11. The highest BCUT2D eigenvalue weighted by molar-refractivity contribution is 5.28. The van der Waals surface area contributed by atoms with E-state index >= 15 is 0 Å². The van der Waals surface area contributed by atoms with Crippen LogP contribution in [0.3, 0.4) is 0 Å². The molecule has 2 atom stereocenters. The largest absolute Gasteiger partial charge is 0.433 e. The van der Waals surface area contributed by atoms with Gasteiger partial charge >= 0.3 is 6.18 Å². The average molecular weight is 245 g/mol. The zero-order valence-electron chi connectivity index (χ0n) is 9.46. The molecule has 1 aliphatic rings. The topological polar surface area (TPSA) is 37.8 Å². The fraction of sp³-hybridized carbons (Fsp3) is 0.636. The Bertz CT molecular complexity index is 392. The van der Waals surface area contributed by atoms with Gasteiger partial charge in [-0.05, 0) is 24.8 Å². The molecule has 1 fully saturated rings. The van der Waals surface area contributed by atoms with Crippen LogP contribution in [-0.4, -0.2) is 16.0 Å². The van der Waals surface area contributed by atoms with E-state index in [0.29, 0.717) is 5.92 Å². The summed E-state index contributed by atoms with van der Waals surface area (Å²) < 4.78 is 37.3. The summed E-state index contributed by atoms with van der Waals surface area (Å²) in [5, 5.41) is 2.98. The van der Waals surface area contributed by atoms with Gasteiger partial charge in [-0.3, -0.25) is 0 Å². The molecule has 1 N–H and O–H groups in total. The quantitative estimate of drug-likeness (QED) is 0.870. The van der Waals surface area contributed by atoms with Gasteiger partial charge in [-0.25, -0.2) is 9.97 Å². The van der Waals surface area contributed by atoms with Crippen molar-refractivity contribution < 1.29 is 13.2 Å². The second-order valence-electron chi connectivity index (χ2n) is 4.42. The summed E-state index contributed by atoms with van der Waals surface area (Å²) in [6.07, 6.45) is -0.131. The molecular formula is C11H14F3N3. The maximum atomic E-state index is 12.4. The average Bonchev–Trinajstić information content (AvgIpc) is 2.64. The summed E-state index contributed by atoms with van der Waals surface area (Å²) in [6, 6.07) is 1.06. The number of nitrogens with zero attached hydrogens (tertiary/aromatic N) is 2. The van der Waals surface area contributed by atoms with Crippen molar-refractivity contribution >= 4 is 5.95 Å². The van der Waals surface area contributed by atoms with E-state index in [-0.39, 0.29) is 12.0 Å². The van der Waals surface area contributed by atoms with Crippen molar-refractivity contribution in [2.45, 2.75) is 38.4 Å². The van der Waals surface area contributed by atoms with Crippen LogP contribution in [0.5, 0.6) is 0 Å². The molecule has 3 nitrogen and oxygen atoms in total. The van der Waals surface area contributed by atoms with Crippen LogP contribution in [0.1, 0.15) is 31.9 Å². The molecule has 0 radical (unpaired) electrons. The van der Waals surface area contributed by atoms with Gasteiger partial charge in [0, 0.05) is 12.2 Å². The molecule has 0 aromatic carbocycles. The summed E-state index contributed by atoms with van der Waals surface area (Å²) in [4.78, 5) is 7.32. The predicted molar refractivity (Wildman–Crippen MR) is 57.5 cm³/mol. The van der Waals surface area contributed by atoms with Gasteiger partial charge < -0.3 is 5.32 Å². The van der Waals surface area contributed by atoms with Gasteiger partial charge in [0.15, 0.2) is 0 Å². The van der Waals surface area contributed by atoms with Gasteiger partial charge in [0.2, 0.25) is 5.95 Å². The predicted octanol–water partition coefficient (Wildman–Crippen LogP) is 3.10. The second-order valence-corrected chi connectivity index (χ2v) is 4.42. The van der Waals surface area contributed by atoms with Crippen LogP contribution >= 0.6 is 0 Å². The number of halogens is 3. The lowest BCUT2D eigenvalue weighted by Crippen LogP contribution is -2.24. The highest BCUT2D eigenvalue weighted by Gasteiger charge is 2.33. The molecule has 1 heterocycles. The van der Waals surface area contributed by atoms with E-state index in [9.17, 15) is 13.2 Å². The van der Waals surface area contributed by atoms with Crippen LogP contribution in [0.4, 0.5) is 19.1 Å². The summed E-state index contributed by atoms with van der Waals surface area (Å²) in [5.74, 6) is 0.520. The molecule has 0 aliphatic heterocycles. The molecule has 17 heavy (non-hydrogen) atoms. The Morgan fingerprint density at radius 1 is 1.35 bits per heavy atom. The van der Waals surface area contributed by atoms with E-state index in [1.807, 2.05) is 0 Å². The van der Waals surface area contributed by atoms with E-state index in [1.54, 1.807) is 0 Å². The summed E-state index contributed by atoms with van der Waals surface area (Å²) in [6.45, 7) is 2.08. The van der Waals surface area contributed by atoms with Gasteiger partial charge in [-0.1, -0.05) is 13.3 Å². The van der Waals surface area contributed by atoms with Gasteiger partial charge in [0.1, 0.15) is 5.69 Å². The SMILES string of the molecule is C[C@@H]1CCC[C@@H]1Nc1nccc(C(F)(F)F)n1. The van der Waals surface area contributed by atoms with Crippen molar-refractivity contribution in [2.24, 2.45) is 5.92 Å². The van der Waals surface area contributed by atoms with Crippen LogP contribution < -0.4 is 5.32 Å². The first-order chi connectivity index (χ1) is 7.97. The first kappa shape index (κ1) is 12.1. The molecule has 0 unspecified atom stereocenters.